The van der Waals surface area contributed by atoms with E-state index in [0.717, 1.165) is 19.9 Å². The van der Waals surface area contributed by atoms with Crippen molar-refractivity contribution in [2.75, 3.05) is 10.8 Å². The van der Waals surface area contributed by atoms with Gasteiger partial charge in [0.1, 0.15) is 12.6 Å². The molecule has 3 rings (SSSR count). The number of carbonyl (C=O) groups is 2. The molecule has 10 heteroatoms. The van der Waals surface area contributed by atoms with Gasteiger partial charge in [-0.2, -0.15) is 0 Å². The first kappa shape index (κ1) is 30.7. The van der Waals surface area contributed by atoms with Crippen molar-refractivity contribution < 1.29 is 18.0 Å². The summed E-state index contributed by atoms with van der Waals surface area (Å²) in [6.45, 7) is 8.53. The lowest BCUT2D eigenvalue weighted by molar-refractivity contribution is -0.139. The van der Waals surface area contributed by atoms with Gasteiger partial charge in [-0.3, -0.25) is 13.9 Å². The van der Waals surface area contributed by atoms with Gasteiger partial charge in [0.05, 0.1) is 10.6 Å². The summed E-state index contributed by atoms with van der Waals surface area (Å²) in [6.07, 6.45) is 0. The highest BCUT2D eigenvalue weighted by Crippen LogP contribution is 2.30. The number of benzene rings is 3. The zero-order valence-electron chi connectivity index (χ0n) is 22.6. The minimum atomic E-state index is -4.16. The van der Waals surface area contributed by atoms with Crippen LogP contribution in [0.15, 0.2) is 76.1 Å². The molecule has 0 aromatic heterocycles. The van der Waals surface area contributed by atoms with Crippen LogP contribution in [-0.4, -0.2) is 43.8 Å². The van der Waals surface area contributed by atoms with Crippen LogP contribution in [0.25, 0.3) is 0 Å². The summed E-state index contributed by atoms with van der Waals surface area (Å²) in [5.74, 6) is -0.860. The Kier molecular flexibility index (Phi) is 10.2. The highest BCUT2D eigenvalue weighted by molar-refractivity contribution is 9.10. The lowest BCUT2D eigenvalue weighted by Crippen LogP contribution is -2.52. The SMILES string of the molecule is Cc1ccc(S(=O)(=O)N(CC(=O)N(Cc2ccc(Br)cc2)[C@@H](C)C(=O)NC(C)C)c2cc(Cl)ccc2C)cc1. The Bertz CT molecular complexity index is 1430. The Morgan fingerprint density at radius 3 is 2.15 bits per heavy atom. The van der Waals surface area contributed by atoms with E-state index in [4.69, 9.17) is 11.6 Å². The maximum absolute atomic E-state index is 14.0. The molecular formula is C29H33BrClN3O4S. The van der Waals surface area contributed by atoms with Gasteiger partial charge in [0.2, 0.25) is 11.8 Å². The number of aryl methyl sites for hydroxylation is 2. The monoisotopic (exact) mass is 633 g/mol. The van der Waals surface area contributed by atoms with Gasteiger partial charge >= 0.3 is 0 Å². The second kappa shape index (κ2) is 13.0. The average molecular weight is 635 g/mol. The summed E-state index contributed by atoms with van der Waals surface area (Å²) in [6, 6.07) is 17.7. The molecule has 3 aromatic rings. The molecule has 39 heavy (non-hydrogen) atoms. The quantitative estimate of drug-likeness (QED) is 0.303. The van der Waals surface area contributed by atoms with Crippen molar-refractivity contribution >= 4 is 55.1 Å². The number of anilines is 1. The maximum atomic E-state index is 14.0. The molecule has 0 radical (unpaired) electrons. The molecule has 0 aliphatic rings. The van der Waals surface area contributed by atoms with Crippen molar-refractivity contribution in [2.45, 2.75) is 58.1 Å². The molecule has 0 unspecified atom stereocenters. The van der Waals surface area contributed by atoms with Crippen LogP contribution in [-0.2, 0) is 26.2 Å². The largest absolute Gasteiger partial charge is 0.352 e. The third-order valence-corrected chi connectivity index (χ3v) is 8.73. The minimum Gasteiger partial charge on any atom is -0.352 e. The van der Waals surface area contributed by atoms with Crippen molar-refractivity contribution in [1.82, 2.24) is 10.2 Å². The van der Waals surface area contributed by atoms with E-state index in [1.807, 2.05) is 45.0 Å². The highest BCUT2D eigenvalue weighted by Gasteiger charge is 2.33. The van der Waals surface area contributed by atoms with Crippen LogP contribution >= 0.6 is 27.5 Å². The van der Waals surface area contributed by atoms with E-state index in [2.05, 4.69) is 21.2 Å². The van der Waals surface area contributed by atoms with Gasteiger partial charge in [-0.05, 0) is 82.1 Å². The summed E-state index contributed by atoms with van der Waals surface area (Å²) in [4.78, 5) is 28.4. The fourth-order valence-corrected chi connectivity index (χ4v) is 5.88. The average Bonchev–Trinajstić information content (AvgIpc) is 2.87. The Morgan fingerprint density at radius 2 is 1.56 bits per heavy atom. The van der Waals surface area contributed by atoms with Gasteiger partial charge < -0.3 is 10.2 Å². The maximum Gasteiger partial charge on any atom is 0.264 e. The Hall–Kier alpha value is -2.88. The molecule has 0 saturated heterocycles. The molecule has 208 valence electrons. The van der Waals surface area contributed by atoms with E-state index >= 15 is 0 Å². The molecule has 0 heterocycles. The molecule has 1 N–H and O–H groups in total. The van der Waals surface area contributed by atoms with Crippen LogP contribution in [0.2, 0.25) is 5.02 Å². The predicted octanol–water partition coefficient (Wildman–Crippen LogP) is 5.86. The van der Waals surface area contributed by atoms with Crippen LogP contribution in [0.4, 0.5) is 5.69 Å². The number of nitrogens with one attached hydrogen (secondary N) is 1. The Morgan fingerprint density at radius 1 is 0.949 bits per heavy atom. The fourth-order valence-electron chi connectivity index (χ4n) is 3.98. The van der Waals surface area contributed by atoms with E-state index in [9.17, 15) is 18.0 Å². The number of hydrogen-bond donors (Lipinski definition) is 1. The smallest absolute Gasteiger partial charge is 0.264 e. The summed E-state index contributed by atoms with van der Waals surface area (Å²) in [5, 5.41) is 3.18. The zero-order valence-corrected chi connectivity index (χ0v) is 25.8. The van der Waals surface area contributed by atoms with Crippen LogP contribution in [0.3, 0.4) is 0 Å². The summed E-state index contributed by atoms with van der Waals surface area (Å²) >= 11 is 9.67. The molecule has 0 aliphatic carbocycles. The van der Waals surface area contributed by atoms with Crippen molar-refractivity contribution in [3.63, 3.8) is 0 Å². The number of amides is 2. The second-order valence-electron chi connectivity index (χ2n) is 9.74. The standard InChI is InChI=1S/C29H33BrClN3O4S/c1-19(2)32-29(36)22(5)33(17-23-9-11-24(30)12-10-23)28(35)18-34(27-16-25(31)13-8-21(27)4)39(37,38)26-14-6-20(3)7-15-26/h6-16,19,22H,17-18H2,1-5H3,(H,32,36)/t22-/m0/s1. The van der Waals surface area contributed by atoms with Crippen LogP contribution in [0.5, 0.6) is 0 Å². The Balaban J connectivity index is 2.07. The molecule has 0 spiro atoms. The van der Waals surface area contributed by atoms with Gasteiger partial charge in [0.15, 0.2) is 0 Å². The Labute approximate surface area is 244 Å². The number of carbonyl (C=O) groups excluding carboxylic acids is 2. The van der Waals surface area contributed by atoms with Gasteiger partial charge in [-0.15, -0.1) is 0 Å². The first-order valence-electron chi connectivity index (χ1n) is 12.5. The number of sulfonamides is 1. The number of hydrogen-bond acceptors (Lipinski definition) is 4. The second-order valence-corrected chi connectivity index (χ2v) is 13.0. The third-order valence-electron chi connectivity index (χ3n) is 6.19. The molecule has 3 aromatic carbocycles. The van der Waals surface area contributed by atoms with Crippen molar-refractivity contribution in [3.05, 3.63) is 92.9 Å². The minimum absolute atomic E-state index is 0.0466. The van der Waals surface area contributed by atoms with E-state index in [-0.39, 0.29) is 23.4 Å². The van der Waals surface area contributed by atoms with Gasteiger partial charge in [-0.25, -0.2) is 8.42 Å². The van der Waals surface area contributed by atoms with Crippen LogP contribution in [0.1, 0.15) is 37.5 Å². The van der Waals surface area contributed by atoms with Crippen molar-refractivity contribution in [2.24, 2.45) is 0 Å². The van der Waals surface area contributed by atoms with Gasteiger partial charge in [-0.1, -0.05) is 63.4 Å². The first-order chi connectivity index (χ1) is 18.3. The van der Waals surface area contributed by atoms with Crippen molar-refractivity contribution in [1.29, 1.82) is 0 Å². The molecule has 7 nitrogen and oxygen atoms in total. The molecule has 2 amide bonds. The first-order valence-corrected chi connectivity index (χ1v) is 15.1. The van der Waals surface area contributed by atoms with Gasteiger partial charge in [0, 0.05) is 22.1 Å². The number of rotatable bonds is 10. The molecule has 0 saturated carbocycles. The topological polar surface area (TPSA) is 86.8 Å². The number of halogens is 2. The van der Waals surface area contributed by atoms with Crippen LogP contribution < -0.4 is 9.62 Å². The molecule has 0 bridgehead atoms. The molecule has 0 aliphatic heterocycles. The van der Waals surface area contributed by atoms with E-state index in [1.54, 1.807) is 38.1 Å². The van der Waals surface area contributed by atoms with E-state index in [1.165, 1.54) is 23.1 Å². The van der Waals surface area contributed by atoms with Crippen LogP contribution in [0, 0.1) is 13.8 Å². The fraction of sp³-hybridized carbons (Fsp3) is 0.310. The highest BCUT2D eigenvalue weighted by atomic mass is 79.9. The summed E-state index contributed by atoms with van der Waals surface area (Å²) in [5.41, 5.74) is 2.62. The summed E-state index contributed by atoms with van der Waals surface area (Å²) < 4.78 is 29.8. The van der Waals surface area contributed by atoms with Gasteiger partial charge in [0.25, 0.3) is 10.0 Å². The predicted molar refractivity (Wildman–Crippen MR) is 159 cm³/mol. The normalized spacial score (nSPS) is 12.2. The summed E-state index contributed by atoms with van der Waals surface area (Å²) in [7, 11) is -4.16. The van der Waals surface area contributed by atoms with E-state index < -0.39 is 28.5 Å². The van der Waals surface area contributed by atoms with Crippen molar-refractivity contribution in [3.8, 4) is 0 Å². The lowest BCUT2D eigenvalue weighted by atomic mass is 10.1. The molecular weight excluding hydrogens is 602 g/mol. The van der Waals surface area contributed by atoms with E-state index in [0.29, 0.717) is 16.3 Å². The third kappa shape index (κ3) is 7.84. The zero-order chi connectivity index (χ0) is 28.9. The number of nitrogens with zero attached hydrogens (tertiary/aromatic N) is 2. The molecule has 0 fully saturated rings. The molecule has 1 atom stereocenters. The lowest BCUT2D eigenvalue weighted by Gasteiger charge is -2.32.